The van der Waals surface area contributed by atoms with Gasteiger partial charge in [-0.2, -0.15) is 0 Å². The van der Waals surface area contributed by atoms with Crippen molar-refractivity contribution in [2.24, 2.45) is 11.3 Å². The van der Waals surface area contributed by atoms with E-state index < -0.39 is 0 Å². The minimum atomic E-state index is 0.476. The van der Waals surface area contributed by atoms with E-state index >= 15 is 0 Å². The molecular weight excluding hydrogens is 234 g/mol. The van der Waals surface area contributed by atoms with Crippen LogP contribution in [0.5, 0.6) is 0 Å². The Morgan fingerprint density at radius 3 is 2.32 bits per heavy atom. The monoisotopic (exact) mass is 267 g/mol. The molecule has 0 radical (unpaired) electrons. The smallest absolute Gasteiger partial charge is 0.0156 e. The van der Waals surface area contributed by atoms with Crippen molar-refractivity contribution in [3.8, 4) is 0 Å². The van der Waals surface area contributed by atoms with Gasteiger partial charge in [-0.25, -0.2) is 0 Å². The molecule has 3 nitrogen and oxygen atoms in total. The quantitative estimate of drug-likeness (QED) is 0.822. The number of nitrogens with zero attached hydrogens (tertiary/aromatic N) is 2. The first-order valence-electron chi connectivity index (χ1n) is 8.19. The largest absolute Gasteiger partial charge is 0.316 e. The maximum Gasteiger partial charge on any atom is 0.0156 e. The molecule has 0 aromatic rings. The van der Waals surface area contributed by atoms with Crippen LogP contribution in [-0.2, 0) is 0 Å². The number of nitrogens with one attached hydrogen (secondary N) is 1. The van der Waals surface area contributed by atoms with Crippen LogP contribution in [0.25, 0.3) is 0 Å². The lowest BCUT2D eigenvalue weighted by atomic mass is 9.85. The molecule has 2 fully saturated rings. The van der Waals surface area contributed by atoms with Crippen molar-refractivity contribution < 1.29 is 0 Å². The van der Waals surface area contributed by atoms with Gasteiger partial charge in [-0.05, 0) is 44.2 Å². The van der Waals surface area contributed by atoms with Crippen molar-refractivity contribution in [2.75, 3.05) is 46.3 Å². The van der Waals surface area contributed by atoms with Gasteiger partial charge in [-0.3, -0.25) is 0 Å². The molecule has 1 aliphatic heterocycles. The van der Waals surface area contributed by atoms with Crippen molar-refractivity contribution in [3.05, 3.63) is 0 Å². The molecule has 112 valence electrons. The third-order valence-corrected chi connectivity index (χ3v) is 5.28. The van der Waals surface area contributed by atoms with E-state index in [1.807, 2.05) is 0 Å². The van der Waals surface area contributed by atoms with Crippen LogP contribution in [0.1, 0.15) is 40.0 Å². The maximum absolute atomic E-state index is 3.59. The van der Waals surface area contributed by atoms with Crippen LogP contribution in [0.4, 0.5) is 0 Å². The van der Waals surface area contributed by atoms with Gasteiger partial charge in [0.2, 0.25) is 0 Å². The Kier molecular flexibility index (Phi) is 5.27. The molecule has 0 amide bonds. The van der Waals surface area contributed by atoms with E-state index in [2.05, 4.69) is 42.9 Å². The van der Waals surface area contributed by atoms with Crippen LogP contribution in [-0.4, -0.2) is 62.2 Å². The molecule has 2 aliphatic rings. The molecule has 0 spiro atoms. The summed E-state index contributed by atoms with van der Waals surface area (Å²) in [6.07, 6.45) is 4.06. The Bertz CT molecular complexity index is 269. The Balaban J connectivity index is 1.79. The highest BCUT2D eigenvalue weighted by atomic mass is 15.3. The molecule has 2 atom stereocenters. The predicted octanol–water partition coefficient (Wildman–Crippen LogP) is 2.04. The van der Waals surface area contributed by atoms with Crippen LogP contribution in [0, 0.1) is 11.3 Å². The molecule has 0 aromatic heterocycles. The van der Waals surface area contributed by atoms with E-state index in [1.165, 1.54) is 58.5 Å². The average molecular weight is 267 g/mol. The molecule has 3 heteroatoms. The normalized spacial score (nSPS) is 32.8. The highest BCUT2D eigenvalue weighted by Crippen LogP contribution is 2.41. The average Bonchev–Trinajstić information content (AvgIpc) is 2.67. The lowest BCUT2D eigenvalue weighted by Crippen LogP contribution is -2.50. The molecule has 0 aromatic carbocycles. The Labute approximate surface area is 119 Å². The molecule has 2 unspecified atom stereocenters. The highest BCUT2D eigenvalue weighted by Gasteiger charge is 2.41. The molecule has 2 rings (SSSR count). The van der Waals surface area contributed by atoms with E-state index in [4.69, 9.17) is 0 Å². The zero-order chi connectivity index (χ0) is 13.9. The summed E-state index contributed by atoms with van der Waals surface area (Å²) in [5.41, 5.74) is 0.476. The van der Waals surface area contributed by atoms with Gasteiger partial charge >= 0.3 is 0 Å². The topological polar surface area (TPSA) is 18.5 Å². The van der Waals surface area contributed by atoms with Gasteiger partial charge in [0.05, 0.1) is 0 Å². The fourth-order valence-electron chi connectivity index (χ4n) is 4.18. The zero-order valence-corrected chi connectivity index (χ0v) is 13.4. The van der Waals surface area contributed by atoms with Crippen molar-refractivity contribution in [1.82, 2.24) is 15.1 Å². The molecule has 1 saturated carbocycles. The predicted molar refractivity (Wildman–Crippen MR) is 82.5 cm³/mol. The second-order valence-corrected chi connectivity index (χ2v) is 7.20. The number of hydrogen-bond acceptors (Lipinski definition) is 3. The second kappa shape index (κ2) is 6.55. The van der Waals surface area contributed by atoms with Crippen LogP contribution in [0.15, 0.2) is 0 Å². The summed E-state index contributed by atoms with van der Waals surface area (Å²) in [4.78, 5) is 5.31. The minimum Gasteiger partial charge on any atom is -0.316 e. The van der Waals surface area contributed by atoms with Gasteiger partial charge in [0.1, 0.15) is 0 Å². The van der Waals surface area contributed by atoms with Crippen molar-refractivity contribution >= 4 is 0 Å². The number of piperazine rings is 1. The first-order chi connectivity index (χ1) is 9.06. The summed E-state index contributed by atoms with van der Waals surface area (Å²) in [6.45, 7) is 14.8. The second-order valence-electron chi connectivity index (χ2n) is 7.20. The molecule has 1 saturated heterocycles. The summed E-state index contributed by atoms with van der Waals surface area (Å²) in [6, 6.07) is 0.696. The van der Waals surface area contributed by atoms with E-state index in [0.717, 1.165) is 5.92 Å². The summed E-state index contributed by atoms with van der Waals surface area (Å²) in [7, 11) is 2.14. The van der Waals surface area contributed by atoms with E-state index in [-0.39, 0.29) is 0 Å². The first-order valence-corrected chi connectivity index (χ1v) is 8.19. The third-order valence-electron chi connectivity index (χ3n) is 5.28. The number of hydrogen-bond donors (Lipinski definition) is 1. The SMILES string of the molecule is CCCN1CCN(CC2CCC(C)(C)C2NC)CC1. The maximum atomic E-state index is 3.59. The van der Waals surface area contributed by atoms with Crippen molar-refractivity contribution in [2.45, 2.75) is 46.1 Å². The molecule has 1 heterocycles. The fraction of sp³-hybridized carbons (Fsp3) is 1.00. The molecule has 0 bridgehead atoms. The van der Waals surface area contributed by atoms with Crippen LogP contribution >= 0.6 is 0 Å². The lowest BCUT2D eigenvalue weighted by Gasteiger charge is -2.38. The van der Waals surface area contributed by atoms with Crippen LogP contribution < -0.4 is 5.32 Å². The number of rotatable bonds is 5. The van der Waals surface area contributed by atoms with Gasteiger partial charge in [0, 0.05) is 38.8 Å². The van der Waals surface area contributed by atoms with Crippen LogP contribution in [0.3, 0.4) is 0 Å². The third kappa shape index (κ3) is 3.71. The van der Waals surface area contributed by atoms with E-state index in [0.29, 0.717) is 11.5 Å². The van der Waals surface area contributed by atoms with Gasteiger partial charge in [-0.1, -0.05) is 20.8 Å². The summed E-state index contributed by atoms with van der Waals surface area (Å²) in [5, 5.41) is 3.59. The first kappa shape index (κ1) is 15.3. The molecule has 1 aliphatic carbocycles. The molecular formula is C16H33N3. The van der Waals surface area contributed by atoms with Gasteiger partial charge < -0.3 is 15.1 Å². The van der Waals surface area contributed by atoms with E-state index in [9.17, 15) is 0 Å². The Hall–Kier alpha value is -0.120. The van der Waals surface area contributed by atoms with Crippen molar-refractivity contribution in [3.63, 3.8) is 0 Å². The Morgan fingerprint density at radius 1 is 1.11 bits per heavy atom. The van der Waals surface area contributed by atoms with Gasteiger partial charge in [0.15, 0.2) is 0 Å². The minimum absolute atomic E-state index is 0.476. The summed E-state index contributed by atoms with van der Waals surface area (Å²) >= 11 is 0. The lowest BCUT2D eigenvalue weighted by molar-refractivity contribution is 0.109. The van der Waals surface area contributed by atoms with E-state index in [1.54, 1.807) is 0 Å². The van der Waals surface area contributed by atoms with Crippen LogP contribution in [0.2, 0.25) is 0 Å². The fourth-order valence-corrected chi connectivity index (χ4v) is 4.18. The summed E-state index contributed by atoms with van der Waals surface area (Å²) in [5.74, 6) is 0.845. The zero-order valence-electron chi connectivity index (χ0n) is 13.4. The van der Waals surface area contributed by atoms with Crippen molar-refractivity contribution in [1.29, 1.82) is 0 Å². The highest BCUT2D eigenvalue weighted by molar-refractivity contribution is 4.96. The van der Waals surface area contributed by atoms with Gasteiger partial charge in [0.25, 0.3) is 0 Å². The van der Waals surface area contributed by atoms with Gasteiger partial charge in [-0.15, -0.1) is 0 Å². The molecule has 1 N–H and O–H groups in total. The summed E-state index contributed by atoms with van der Waals surface area (Å²) < 4.78 is 0. The Morgan fingerprint density at radius 2 is 1.74 bits per heavy atom. The molecule has 19 heavy (non-hydrogen) atoms. The standard InChI is InChI=1S/C16H33N3/c1-5-8-18-9-11-19(12-10-18)13-14-6-7-16(2,3)15(14)17-4/h14-15,17H,5-13H2,1-4H3.